The maximum absolute atomic E-state index is 11.5. The molecule has 0 saturated heterocycles. The molecule has 1 rings (SSSR count). The molecule has 0 aromatic heterocycles. The fourth-order valence-corrected chi connectivity index (χ4v) is 1.47. The molecule has 0 heterocycles. The molecule has 0 aliphatic carbocycles. The van der Waals surface area contributed by atoms with Crippen molar-refractivity contribution in [3.63, 3.8) is 0 Å². The number of halogens is 1. The highest BCUT2D eigenvalue weighted by molar-refractivity contribution is 9.10. The highest BCUT2D eigenvalue weighted by atomic mass is 79.9. The van der Waals surface area contributed by atoms with Crippen LogP contribution in [0.1, 0.15) is 19.4 Å². The summed E-state index contributed by atoms with van der Waals surface area (Å²) in [5.41, 5.74) is 1.70. The molecule has 1 amide bonds. The Morgan fingerprint density at radius 1 is 1.39 bits per heavy atom. The van der Waals surface area contributed by atoms with E-state index < -0.39 is 0 Å². The average molecular weight is 314 g/mol. The van der Waals surface area contributed by atoms with Gasteiger partial charge in [-0.2, -0.15) is 0 Å². The topological polar surface area (TPSA) is 55.4 Å². The number of anilines is 1. The minimum atomic E-state index is -0.378. The molecule has 0 bridgehead atoms. The third-order valence-corrected chi connectivity index (χ3v) is 3.15. The van der Waals surface area contributed by atoms with E-state index in [4.69, 9.17) is 4.74 Å². The second-order valence-electron chi connectivity index (χ2n) is 4.27. The molecule has 4 nitrogen and oxygen atoms in total. The lowest BCUT2D eigenvalue weighted by molar-refractivity contribution is -0.150. The molecule has 1 aromatic carbocycles. The second kappa shape index (κ2) is 6.54. The first-order valence-corrected chi connectivity index (χ1v) is 6.42. The molecular weight excluding hydrogens is 298 g/mol. The van der Waals surface area contributed by atoms with Crippen LogP contribution in [-0.2, 0) is 14.3 Å². The summed E-state index contributed by atoms with van der Waals surface area (Å²) in [5.74, 6) is -0.949. The minimum absolute atomic E-state index is 0.229. The Morgan fingerprint density at radius 2 is 2.06 bits per heavy atom. The van der Waals surface area contributed by atoms with Crippen molar-refractivity contribution in [2.24, 2.45) is 5.92 Å². The summed E-state index contributed by atoms with van der Waals surface area (Å²) >= 11 is 3.38. The van der Waals surface area contributed by atoms with Crippen molar-refractivity contribution >= 4 is 33.5 Å². The Labute approximate surface area is 115 Å². The maximum Gasteiger partial charge on any atom is 0.308 e. The highest BCUT2D eigenvalue weighted by Crippen LogP contribution is 2.19. The molecule has 98 valence electrons. The fourth-order valence-electron chi connectivity index (χ4n) is 1.22. The Hall–Kier alpha value is -1.36. The van der Waals surface area contributed by atoms with Crippen LogP contribution >= 0.6 is 15.9 Å². The normalized spacial score (nSPS) is 10.3. The molecule has 18 heavy (non-hydrogen) atoms. The summed E-state index contributed by atoms with van der Waals surface area (Å²) in [5, 5.41) is 2.67. The van der Waals surface area contributed by atoms with Crippen molar-refractivity contribution < 1.29 is 14.3 Å². The predicted octanol–water partition coefficient (Wildman–Crippen LogP) is 2.90. The Morgan fingerprint density at radius 3 is 2.61 bits per heavy atom. The molecule has 1 aromatic rings. The summed E-state index contributed by atoms with van der Waals surface area (Å²) in [6, 6.07) is 5.47. The summed E-state index contributed by atoms with van der Waals surface area (Å²) in [6.45, 7) is 5.11. The number of amides is 1. The van der Waals surface area contributed by atoms with Crippen molar-refractivity contribution in [1.29, 1.82) is 0 Å². The van der Waals surface area contributed by atoms with Crippen LogP contribution in [-0.4, -0.2) is 18.5 Å². The van der Waals surface area contributed by atoms with Crippen molar-refractivity contribution in [2.45, 2.75) is 20.8 Å². The van der Waals surface area contributed by atoms with Gasteiger partial charge in [-0.05, 0) is 30.7 Å². The number of hydrogen-bond acceptors (Lipinski definition) is 3. The number of ether oxygens (including phenoxy) is 1. The molecule has 5 heteroatoms. The molecule has 0 atom stereocenters. The molecule has 0 radical (unpaired) electrons. The molecule has 0 fully saturated rings. The van der Waals surface area contributed by atoms with Gasteiger partial charge in [-0.15, -0.1) is 0 Å². The van der Waals surface area contributed by atoms with Gasteiger partial charge in [0.2, 0.25) is 0 Å². The fraction of sp³-hybridized carbons (Fsp3) is 0.385. The standard InChI is InChI=1S/C13H16BrNO3/c1-8(2)13(17)18-7-12(16)15-10-4-5-11(14)9(3)6-10/h4-6,8H,7H2,1-3H3,(H,15,16). The average Bonchev–Trinajstić information content (AvgIpc) is 2.30. The predicted molar refractivity (Wildman–Crippen MR) is 73.3 cm³/mol. The Kier molecular flexibility index (Phi) is 5.34. The zero-order valence-corrected chi connectivity index (χ0v) is 12.2. The van der Waals surface area contributed by atoms with E-state index in [1.165, 1.54) is 0 Å². The molecule has 1 N–H and O–H groups in total. The van der Waals surface area contributed by atoms with Gasteiger partial charge in [-0.1, -0.05) is 29.8 Å². The van der Waals surface area contributed by atoms with Gasteiger partial charge in [0.1, 0.15) is 0 Å². The molecule has 0 aliphatic heterocycles. The van der Waals surface area contributed by atoms with Crippen LogP contribution in [0.5, 0.6) is 0 Å². The first-order valence-electron chi connectivity index (χ1n) is 5.62. The maximum atomic E-state index is 11.5. The number of carbonyl (C=O) groups excluding carboxylic acids is 2. The van der Waals surface area contributed by atoms with Gasteiger partial charge >= 0.3 is 5.97 Å². The number of hydrogen-bond donors (Lipinski definition) is 1. The summed E-state index contributed by atoms with van der Waals surface area (Å²) < 4.78 is 5.81. The van der Waals surface area contributed by atoms with Crippen LogP contribution in [0.2, 0.25) is 0 Å². The smallest absolute Gasteiger partial charge is 0.308 e. The van der Waals surface area contributed by atoms with Crippen molar-refractivity contribution in [2.75, 3.05) is 11.9 Å². The van der Waals surface area contributed by atoms with Gasteiger partial charge in [0, 0.05) is 10.2 Å². The number of nitrogens with one attached hydrogen (secondary N) is 1. The van der Waals surface area contributed by atoms with Crippen LogP contribution in [0.3, 0.4) is 0 Å². The minimum Gasteiger partial charge on any atom is -0.455 e. The van der Waals surface area contributed by atoms with E-state index in [0.717, 1.165) is 10.0 Å². The van der Waals surface area contributed by atoms with Gasteiger partial charge in [-0.3, -0.25) is 9.59 Å². The zero-order chi connectivity index (χ0) is 13.7. The van der Waals surface area contributed by atoms with Crippen LogP contribution in [0, 0.1) is 12.8 Å². The monoisotopic (exact) mass is 313 g/mol. The van der Waals surface area contributed by atoms with Crippen LogP contribution in [0.4, 0.5) is 5.69 Å². The van der Waals surface area contributed by atoms with E-state index in [0.29, 0.717) is 5.69 Å². The lowest BCUT2D eigenvalue weighted by atomic mass is 10.2. The first-order chi connectivity index (χ1) is 8.40. The first kappa shape index (κ1) is 14.7. The van der Waals surface area contributed by atoms with E-state index in [1.807, 2.05) is 19.1 Å². The van der Waals surface area contributed by atoms with Gasteiger partial charge in [0.25, 0.3) is 5.91 Å². The zero-order valence-electron chi connectivity index (χ0n) is 10.6. The van der Waals surface area contributed by atoms with Crippen molar-refractivity contribution in [1.82, 2.24) is 0 Å². The van der Waals surface area contributed by atoms with Gasteiger partial charge < -0.3 is 10.1 Å². The van der Waals surface area contributed by atoms with Gasteiger partial charge in [0.15, 0.2) is 6.61 Å². The van der Waals surface area contributed by atoms with E-state index in [-0.39, 0.29) is 24.4 Å². The summed E-state index contributed by atoms with van der Waals surface area (Å²) in [4.78, 5) is 22.7. The highest BCUT2D eigenvalue weighted by Gasteiger charge is 2.11. The number of rotatable bonds is 4. The van der Waals surface area contributed by atoms with Crippen LogP contribution in [0.15, 0.2) is 22.7 Å². The number of carbonyl (C=O) groups is 2. The van der Waals surface area contributed by atoms with Crippen molar-refractivity contribution in [3.8, 4) is 0 Å². The molecule has 0 saturated carbocycles. The van der Waals surface area contributed by atoms with E-state index in [9.17, 15) is 9.59 Å². The van der Waals surface area contributed by atoms with Crippen LogP contribution in [0.25, 0.3) is 0 Å². The number of aryl methyl sites for hydroxylation is 1. The summed E-state index contributed by atoms with van der Waals surface area (Å²) in [6.07, 6.45) is 0. The third-order valence-electron chi connectivity index (χ3n) is 2.26. The Balaban J connectivity index is 2.49. The quantitative estimate of drug-likeness (QED) is 0.870. The summed E-state index contributed by atoms with van der Waals surface area (Å²) in [7, 11) is 0. The lowest BCUT2D eigenvalue weighted by Gasteiger charge is -2.09. The SMILES string of the molecule is Cc1cc(NC(=O)COC(=O)C(C)C)ccc1Br. The number of benzene rings is 1. The molecule has 0 unspecified atom stereocenters. The van der Waals surface area contributed by atoms with Gasteiger partial charge in [-0.25, -0.2) is 0 Å². The van der Waals surface area contributed by atoms with E-state index in [2.05, 4.69) is 21.2 Å². The number of esters is 1. The van der Waals surface area contributed by atoms with E-state index in [1.54, 1.807) is 19.9 Å². The van der Waals surface area contributed by atoms with Crippen LogP contribution < -0.4 is 5.32 Å². The third kappa shape index (κ3) is 4.49. The molecule has 0 aliphatic rings. The Bertz CT molecular complexity index is 458. The molecular formula is C13H16BrNO3. The lowest BCUT2D eigenvalue weighted by Crippen LogP contribution is -2.22. The van der Waals surface area contributed by atoms with Crippen molar-refractivity contribution in [3.05, 3.63) is 28.2 Å². The largest absolute Gasteiger partial charge is 0.455 e. The second-order valence-corrected chi connectivity index (χ2v) is 5.13. The van der Waals surface area contributed by atoms with Gasteiger partial charge in [0.05, 0.1) is 5.92 Å². The van der Waals surface area contributed by atoms with E-state index >= 15 is 0 Å². The molecule has 0 spiro atoms.